The monoisotopic (exact) mass is 252 g/mol. The average Bonchev–Trinajstić information content (AvgIpc) is 3.06. The Hall–Kier alpha value is -2.61. The zero-order chi connectivity index (χ0) is 13.2. The Morgan fingerprint density at radius 3 is 3.00 bits per heavy atom. The molecule has 0 atom stereocenters. The Balaban J connectivity index is 1.98. The van der Waals surface area contributed by atoms with Gasteiger partial charge in [0.2, 0.25) is 5.89 Å². The molecule has 0 aliphatic carbocycles. The van der Waals surface area contributed by atoms with Gasteiger partial charge in [-0.2, -0.15) is 10.2 Å². The van der Waals surface area contributed by atoms with E-state index >= 15 is 0 Å². The number of benzene rings is 1. The summed E-state index contributed by atoms with van der Waals surface area (Å²) >= 11 is 0. The van der Waals surface area contributed by atoms with Gasteiger partial charge in [0.1, 0.15) is 6.54 Å². The minimum Gasteiger partial charge on any atom is -0.338 e. The molecular formula is C14H12N4O. The molecule has 19 heavy (non-hydrogen) atoms. The van der Waals surface area contributed by atoms with Crippen molar-refractivity contribution in [3.05, 3.63) is 47.7 Å². The Kier molecular flexibility index (Phi) is 2.76. The fourth-order valence-corrected chi connectivity index (χ4v) is 2.04. The van der Waals surface area contributed by atoms with Crippen molar-refractivity contribution in [1.29, 1.82) is 5.26 Å². The Labute approximate surface area is 110 Å². The first-order valence-electron chi connectivity index (χ1n) is 6.10. The van der Waals surface area contributed by atoms with Crippen LogP contribution in [0.2, 0.25) is 0 Å². The average molecular weight is 252 g/mol. The lowest BCUT2D eigenvalue weighted by atomic mass is 10.2. The number of aryl methyl sites for hydroxylation is 1. The molecule has 0 fully saturated rings. The van der Waals surface area contributed by atoms with Crippen LogP contribution >= 0.6 is 0 Å². The van der Waals surface area contributed by atoms with Gasteiger partial charge in [-0.1, -0.05) is 18.1 Å². The topological polar surface area (TPSA) is 67.6 Å². The van der Waals surface area contributed by atoms with Crippen LogP contribution in [0.3, 0.4) is 0 Å². The molecule has 0 amide bonds. The summed E-state index contributed by atoms with van der Waals surface area (Å²) in [6, 6.07) is 9.78. The van der Waals surface area contributed by atoms with Gasteiger partial charge >= 0.3 is 0 Å². The van der Waals surface area contributed by atoms with Gasteiger partial charge in [-0.3, -0.25) is 0 Å². The summed E-state index contributed by atoms with van der Waals surface area (Å²) in [6.07, 6.45) is 2.72. The summed E-state index contributed by atoms with van der Waals surface area (Å²) in [5.74, 6) is 1.29. The van der Waals surface area contributed by atoms with Gasteiger partial charge in [0.25, 0.3) is 0 Å². The molecule has 0 saturated carbocycles. The van der Waals surface area contributed by atoms with Crippen molar-refractivity contribution in [2.75, 3.05) is 0 Å². The van der Waals surface area contributed by atoms with Crippen molar-refractivity contribution in [3.63, 3.8) is 0 Å². The van der Waals surface area contributed by atoms with Crippen LogP contribution in [0.5, 0.6) is 0 Å². The van der Waals surface area contributed by atoms with Crippen molar-refractivity contribution in [2.45, 2.75) is 19.9 Å². The van der Waals surface area contributed by atoms with Crippen LogP contribution in [0, 0.1) is 11.3 Å². The second-order valence-corrected chi connectivity index (χ2v) is 4.29. The molecule has 5 heteroatoms. The van der Waals surface area contributed by atoms with Gasteiger partial charge < -0.3 is 9.09 Å². The number of fused-ring (bicyclic) bond motifs is 1. The molecule has 5 nitrogen and oxygen atoms in total. The molecule has 0 saturated heterocycles. The summed E-state index contributed by atoms with van der Waals surface area (Å²) in [6.45, 7) is 2.50. The predicted octanol–water partition coefficient (Wildman–Crippen LogP) is 2.51. The predicted molar refractivity (Wildman–Crippen MR) is 69.4 cm³/mol. The second-order valence-electron chi connectivity index (χ2n) is 4.29. The molecule has 3 rings (SSSR count). The Morgan fingerprint density at radius 1 is 1.37 bits per heavy atom. The zero-order valence-electron chi connectivity index (χ0n) is 10.5. The van der Waals surface area contributed by atoms with Gasteiger partial charge in [0.15, 0.2) is 5.82 Å². The van der Waals surface area contributed by atoms with Gasteiger partial charge in [-0.05, 0) is 23.6 Å². The van der Waals surface area contributed by atoms with E-state index in [4.69, 9.17) is 9.78 Å². The van der Waals surface area contributed by atoms with Gasteiger partial charge in [-0.25, -0.2) is 0 Å². The molecule has 0 N–H and O–H groups in total. The minimum absolute atomic E-state index is 0.519. The second kappa shape index (κ2) is 4.58. The maximum atomic E-state index is 8.95. The first-order valence-corrected chi connectivity index (χ1v) is 6.10. The molecule has 2 heterocycles. The summed E-state index contributed by atoms with van der Waals surface area (Å²) in [7, 11) is 0. The van der Waals surface area contributed by atoms with E-state index in [-0.39, 0.29) is 0 Å². The molecule has 0 radical (unpaired) electrons. The molecule has 1 aromatic carbocycles. The van der Waals surface area contributed by atoms with E-state index in [0.29, 0.717) is 23.8 Å². The number of nitriles is 1. The van der Waals surface area contributed by atoms with Crippen LogP contribution in [0.25, 0.3) is 10.9 Å². The Bertz CT molecular complexity index is 763. The normalized spacial score (nSPS) is 10.7. The third-order valence-corrected chi connectivity index (χ3v) is 3.03. The van der Waals surface area contributed by atoms with E-state index in [0.717, 1.165) is 17.3 Å². The number of hydrogen-bond acceptors (Lipinski definition) is 4. The van der Waals surface area contributed by atoms with E-state index < -0.39 is 0 Å². The van der Waals surface area contributed by atoms with Crippen LogP contribution in [0.15, 0.2) is 35.0 Å². The van der Waals surface area contributed by atoms with Crippen molar-refractivity contribution < 1.29 is 4.52 Å². The molecule has 2 aromatic heterocycles. The van der Waals surface area contributed by atoms with E-state index in [1.165, 1.54) is 0 Å². The molecular weight excluding hydrogens is 240 g/mol. The highest BCUT2D eigenvalue weighted by Crippen LogP contribution is 2.18. The fourth-order valence-electron chi connectivity index (χ4n) is 2.04. The Morgan fingerprint density at radius 2 is 2.26 bits per heavy atom. The van der Waals surface area contributed by atoms with Crippen molar-refractivity contribution in [1.82, 2.24) is 14.7 Å². The van der Waals surface area contributed by atoms with Crippen LogP contribution in [-0.2, 0) is 13.0 Å². The van der Waals surface area contributed by atoms with Crippen molar-refractivity contribution >= 4 is 10.9 Å². The maximum Gasteiger partial charge on any atom is 0.246 e. The third kappa shape index (κ3) is 2.08. The number of nitrogens with zero attached hydrogens (tertiary/aromatic N) is 4. The van der Waals surface area contributed by atoms with Crippen LogP contribution in [0.4, 0.5) is 0 Å². The van der Waals surface area contributed by atoms with Gasteiger partial charge in [0.05, 0.1) is 11.6 Å². The van der Waals surface area contributed by atoms with E-state index in [2.05, 4.69) is 16.2 Å². The zero-order valence-corrected chi connectivity index (χ0v) is 10.5. The maximum absolute atomic E-state index is 8.95. The molecule has 3 aromatic rings. The lowest BCUT2D eigenvalue weighted by Gasteiger charge is -2.01. The highest BCUT2D eigenvalue weighted by Gasteiger charge is 2.08. The first-order chi connectivity index (χ1) is 9.30. The summed E-state index contributed by atoms with van der Waals surface area (Å²) in [5.41, 5.74) is 1.64. The minimum atomic E-state index is 0.519. The van der Waals surface area contributed by atoms with Crippen molar-refractivity contribution in [3.8, 4) is 6.07 Å². The highest BCUT2D eigenvalue weighted by atomic mass is 16.5. The van der Waals surface area contributed by atoms with Gasteiger partial charge in [-0.15, -0.1) is 0 Å². The van der Waals surface area contributed by atoms with E-state index in [1.54, 1.807) is 0 Å². The largest absolute Gasteiger partial charge is 0.338 e. The standard InChI is InChI=1S/C14H12N4O/c1-2-13-16-14(19-17-13)9-18-6-5-11-4-3-10(8-15)7-12(11)18/h3-7H,2,9H2,1H3. The third-order valence-electron chi connectivity index (χ3n) is 3.03. The quantitative estimate of drug-likeness (QED) is 0.718. The number of rotatable bonds is 3. The molecule has 0 bridgehead atoms. The van der Waals surface area contributed by atoms with Crippen LogP contribution in [0.1, 0.15) is 24.2 Å². The summed E-state index contributed by atoms with van der Waals surface area (Å²) < 4.78 is 7.19. The van der Waals surface area contributed by atoms with E-state index in [9.17, 15) is 0 Å². The highest BCUT2D eigenvalue weighted by molar-refractivity contribution is 5.81. The molecule has 0 spiro atoms. The molecule has 0 unspecified atom stereocenters. The molecule has 0 aliphatic heterocycles. The van der Waals surface area contributed by atoms with Crippen molar-refractivity contribution in [2.24, 2.45) is 0 Å². The van der Waals surface area contributed by atoms with Crippen LogP contribution < -0.4 is 0 Å². The van der Waals surface area contributed by atoms with E-state index in [1.807, 2.05) is 42.0 Å². The lowest BCUT2D eigenvalue weighted by molar-refractivity contribution is 0.368. The lowest BCUT2D eigenvalue weighted by Crippen LogP contribution is -1.98. The molecule has 94 valence electrons. The number of hydrogen-bond donors (Lipinski definition) is 0. The number of aromatic nitrogens is 3. The summed E-state index contributed by atoms with van der Waals surface area (Å²) in [5, 5.41) is 13.9. The fraction of sp³-hybridized carbons (Fsp3) is 0.214. The smallest absolute Gasteiger partial charge is 0.246 e. The summed E-state index contributed by atoms with van der Waals surface area (Å²) in [4.78, 5) is 4.29. The van der Waals surface area contributed by atoms with Gasteiger partial charge in [0, 0.05) is 18.1 Å². The first kappa shape index (κ1) is 11.5. The molecule has 0 aliphatic rings. The SMILES string of the molecule is CCc1noc(Cn2ccc3ccc(C#N)cc32)n1. The van der Waals surface area contributed by atoms with Crippen LogP contribution in [-0.4, -0.2) is 14.7 Å².